The summed E-state index contributed by atoms with van der Waals surface area (Å²) < 4.78 is 4.85. The van der Waals surface area contributed by atoms with Gasteiger partial charge in [0.15, 0.2) is 12.4 Å². The molecular weight excluding hydrogens is 338 g/mol. The maximum absolute atomic E-state index is 12.0. The molecule has 7 heteroatoms. The Morgan fingerprint density at radius 3 is 2.31 bits per heavy atom. The standard InChI is InChI=1S/C19H17NO6/c1-13-5-7-14(8-6-13)17(21)9-10-19(23)26-12-18(22)15-3-2-4-16(11-15)20(24)25/h2-8,11H,9-10,12H2,1H3. The van der Waals surface area contributed by atoms with Crippen LogP contribution in [0.25, 0.3) is 0 Å². The van der Waals surface area contributed by atoms with Gasteiger partial charge in [-0.2, -0.15) is 0 Å². The third-order valence-corrected chi connectivity index (χ3v) is 3.67. The Morgan fingerprint density at radius 2 is 1.65 bits per heavy atom. The highest BCUT2D eigenvalue weighted by Gasteiger charge is 2.15. The number of nitro groups is 1. The molecule has 2 rings (SSSR count). The van der Waals surface area contributed by atoms with E-state index >= 15 is 0 Å². The van der Waals surface area contributed by atoms with Gasteiger partial charge < -0.3 is 4.74 Å². The topological polar surface area (TPSA) is 104 Å². The molecule has 0 heterocycles. The van der Waals surface area contributed by atoms with Gasteiger partial charge in [-0.1, -0.05) is 42.0 Å². The number of hydrogen-bond donors (Lipinski definition) is 0. The van der Waals surface area contributed by atoms with E-state index in [0.29, 0.717) is 5.56 Å². The highest BCUT2D eigenvalue weighted by molar-refractivity contribution is 5.99. The Bertz CT molecular complexity index is 841. The maximum Gasteiger partial charge on any atom is 0.306 e. The molecule has 2 aromatic carbocycles. The zero-order valence-corrected chi connectivity index (χ0v) is 14.1. The van der Waals surface area contributed by atoms with E-state index in [1.165, 1.54) is 18.2 Å². The third kappa shape index (κ3) is 5.34. The Balaban J connectivity index is 1.82. The quantitative estimate of drug-likeness (QED) is 0.311. The lowest BCUT2D eigenvalue weighted by molar-refractivity contribution is -0.384. The molecule has 0 aromatic heterocycles. The van der Waals surface area contributed by atoms with Crippen LogP contribution in [0.3, 0.4) is 0 Å². The number of nitrogens with zero attached hydrogens (tertiary/aromatic N) is 1. The fraction of sp³-hybridized carbons (Fsp3) is 0.211. The fourth-order valence-corrected chi connectivity index (χ4v) is 2.19. The van der Waals surface area contributed by atoms with E-state index in [0.717, 1.165) is 11.6 Å². The van der Waals surface area contributed by atoms with Crippen molar-refractivity contribution in [2.45, 2.75) is 19.8 Å². The summed E-state index contributed by atoms with van der Waals surface area (Å²) in [5.41, 5.74) is 1.41. The summed E-state index contributed by atoms with van der Waals surface area (Å²) in [6.07, 6.45) is -0.165. The Morgan fingerprint density at radius 1 is 0.962 bits per heavy atom. The number of Topliss-reactive ketones (excluding diaryl/α,β-unsaturated/α-hetero) is 2. The Hall–Kier alpha value is -3.35. The molecule has 2 aromatic rings. The second kappa shape index (κ2) is 8.66. The lowest BCUT2D eigenvalue weighted by Crippen LogP contribution is -2.15. The number of non-ortho nitro benzene ring substituents is 1. The molecule has 0 fully saturated rings. The molecule has 0 saturated heterocycles. The Kier molecular flexibility index (Phi) is 6.32. The van der Waals surface area contributed by atoms with Crippen molar-refractivity contribution in [3.63, 3.8) is 0 Å². The van der Waals surface area contributed by atoms with Crippen molar-refractivity contribution < 1.29 is 24.0 Å². The van der Waals surface area contributed by atoms with E-state index in [-0.39, 0.29) is 29.9 Å². The first-order valence-electron chi connectivity index (χ1n) is 7.90. The van der Waals surface area contributed by atoms with Crippen LogP contribution in [0, 0.1) is 17.0 Å². The van der Waals surface area contributed by atoms with Crippen LogP contribution >= 0.6 is 0 Å². The summed E-state index contributed by atoms with van der Waals surface area (Å²) >= 11 is 0. The first kappa shape index (κ1) is 19.0. The summed E-state index contributed by atoms with van der Waals surface area (Å²) in [4.78, 5) is 45.7. The molecular formula is C19H17NO6. The predicted octanol–water partition coefficient (Wildman–Crippen LogP) is 3.29. The molecule has 0 amide bonds. The number of ketones is 2. The average molecular weight is 355 g/mol. The zero-order valence-electron chi connectivity index (χ0n) is 14.1. The maximum atomic E-state index is 12.0. The van der Waals surface area contributed by atoms with E-state index in [1.807, 2.05) is 19.1 Å². The molecule has 0 bridgehead atoms. The molecule has 26 heavy (non-hydrogen) atoms. The molecule has 0 radical (unpaired) electrons. The van der Waals surface area contributed by atoms with Crippen LogP contribution in [-0.4, -0.2) is 29.1 Å². The van der Waals surface area contributed by atoms with Gasteiger partial charge in [0.1, 0.15) is 0 Å². The van der Waals surface area contributed by atoms with Crippen molar-refractivity contribution in [1.82, 2.24) is 0 Å². The first-order chi connectivity index (χ1) is 12.4. The lowest BCUT2D eigenvalue weighted by atomic mass is 10.1. The predicted molar refractivity (Wildman–Crippen MR) is 93.1 cm³/mol. The van der Waals surface area contributed by atoms with Gasteiger partial charge in [-0.05, 0) is 6.92 Å². The van der Waals surface area contributed by atoms with Gasteiger partial charge in [-0.3, -0.25) is 24.5 Å². The van der Waals surface area contributed by atoms with Crippen LogP contribution in [0.1, 0.15) is 39.1 Å². The largest absolute Gasteiger partial charge is 0.457 e. The van der Waals surface area contributed by atoms with Crippen LogP contribution < -0.4 is 0 Å². The van der Waals surface area contributed by atoms with E-state index in [2.05, 4.69) is 0 Å². The highest BCUT2D eigenvalue weighted by Crippen LogP contribution is 2.14. The van der Waals surface area contributed by atoms with E-state index in [9.17, 15) is 24.5 Å². The monoisotopic (exact) mass is 355 g/mol. The van der Waals surface area contributed by atoms with Gasteiger partial charge in [0.25, 0.3) is 5.69 Å². The second-order valence-electron chi connectivity index (χ2n) is 5.68. The molecule has 0 aliphatic carbocycles. The van der Waals surface area contributed by atoms with Crippen LogP contribution in [0.15, 0.2) is 48.5 Å². The summed E-state index contributed by atoms with van der Waals surface area (Å²) in [5, 5.41) is 10.7. The summed E-state index contributed by atoms with van der Waals surface area (Å²) in [5.74, 6) is -1.41. The van der Waals surface area contributed by atoms with Crippen LogP contribution in [0.2, 0.25) is 0 Å². The van der Waals surface area contributed by atoms with Gasteiger partial charge in [0.2, 0.25) is 5.78 Å². The number of nitro benzene ring substituents is 1. The molecule has 0 aliphatic rings. The number of aryl methyl sites for hydroxylation is 1. The summed E-state index contributed by atoms with van der Waals surface area (Å²) in [6, 6.07) is 12.2. The number of rotatable bonds is 8. The first-order valence-corrected chi connectivity index (χ1v) is 7.90. The summed E-state index contributed by atoms with van der Waals surface area (Å²) in [6.45, 7) is 1.38. The molecule has 0 atom stereocenters. The molecule has 0 unspecified atom stereocenters. The van der Waals surface area contributed by atoms with Gasteiger partial charge in [0.05, 0.1) is 11.3 Å². The Labute approximate surface area is 149 Å². The van der Waals surface area contributed by atoms with Gasteiger partial charge >= 0.3 is 5.97 Å². The van der Waals surface area contributed by atoms with Crippen molar-refractivity contribution in [2.24, 2.45) is 0 Å². The minimum Gasteiger partial charge on any atom is -0.457 e. The van der Waals surface area contributed by atoms with Crippen molar-refractivity contribution in [3.05, 3.63) is 75.3 Å². The van der Waals surface area contributed by atoms with Gasteiger partial charge in [-0.15, -0.1) is 0 Å². The second-order valence-corrected chi connectivity index (χ2v) is 5.68. The van der Waals surface area contributed by atoms with Crippen molar-refractivity contribution in [2.75, 3.05) is 6.61 Å². The average Bonchev–Trinajstić information content (AvgIpc) is 2.64. The van der Waals surface area contributed by atoms with Gasteiger partial charge in [0, 0.05) is 29.7 Å². The van der Waals surface area contributed by atoms with Crippen molar-refractivity contribution in [3.8, 4) is 0 Å². The van der Waals surface area contributed by atoms with E-state index in [4.69, 9.17) is 4.74 Å². The highest BCUT2D eigenvalue weighted by atomic mass is 16.6. The third-order valence-electron chi connectivity index (χ3n) is 3.67. The van der Waals surface area contributed by atoms with Crippen LogP contribution in [0.4, 0.5) is 5.69 Å². The number of hydrogen-bond acceptors (Lipinski definition) is 6. The van der Waals surface area contributed by atoms with Gasteiger partial charge in [-0.25, -0.2) is 0 Å². The van der Waals surface area contributed by atoms with Crippen LogP contribution in [-0.2, 0) is 9.53 Å². The molecule has 0 aliphatic heterocycles. The van der Waals surface area contributed by atoms with Crippen molar-refractivity contribution in [1.29, 1.82) is 0 Å². The lowest BCUT2D eigenvalue weighted by Gasteiger charge is -2.05. The SMILES string of the molecule is Cc1ccc(C(=O)CCC(=O)OCC(=O)c2cccc([N+](=O)[O-])c2)cc1. The van der Waals surface area contributed by atoms with E-state index in [1.54, 1.807) is 12.1 Å². The molecule has 134 valence electrons. The molecule has 0 spiro atoms. The van der Waals surface area contributed by atoms with Crippen molar-refractivity contribution >= 4 is 23.2 Å². The number of benzene rings is 2. The van der Waals surface area contributed by atoms with E-state index < -0.39 is 23.3 Å². The zero-order chi connectivity index (χ0) is 19.1. The number of esters is 1. The minimum atomic E-state index is -0.677. The molecule has 0 N–H and O–H groups in total. The number of ether oxygens (including phenoxy) is 1. The molecule has 0 saturated carbocycles. The smallest absolute Gasteiger partial charge is 0.306 e. The number of carbonyl (C=O) groups excluding carboxylic acids is 3. The minimum absolute atomic E-state index is 0.0209. The normalized spacial score (nSPS) is 10.2. The fourth-order valence-electron chi connectivity index (χ4n) is 2.19. The number of carbonyl (C=O) groups is 3. The van der Waals surface area contributed by atoms with Crippen LogP contribution in [0.5, 0.6) is 0 Å². The molecule has 7 nitrogen and oxygen atoms in total. The summed E-state index contributed by atoms with van der Waals surface area (Å²) in [7, 11) is 0.